The smallest absolute Gasteiger partial charge is 0.343 e. The van der Waals surface area contributed by atoms with Gasteiger partial charge in [0.1, 0.15) is 12.4 Å². The molecule has 1 aliphatic rings. The van der Waals surface area contributed by atoms with Gasteiger partial charge < -0.3 is 10.6 Å². The van der Waals surface area contributed by atoms with Crippen LogP contribution in [0.3, 0.4) is 0 Å². The number of hydrogen-bond donors (Lipinski definition) is 1. The number of anilines is 1. The van der Waals surface area contributed by atoms with Gasteiger partial charge in [0.25, 0.3) is 0 Å². The van der Waals surface area contributed by atoms with Crippen molar-refractivity contribution >= 4 is 17.4 Å². The Bertz CT molecular complexity index is 432. The molecule has 0 atom stereocenters. The molecule has 0 aliphatic heterocycles. The Morgan fingerprint density at radius 2 is 2.11 bits per heavy atom. The minimum Gasteiger partial charge on any atom is -0.343 e. The molecule has 0 spiro atoms. The molecule has 1 aromatic rings. The van der Waals surface area contributed by atoms with Crippen molar-refractivity contribution in [1.29, 1.82) is 0 Å². The molecule has 1 heterocycles. The highest BCUT2D eigenvalue weighted by Gasteiger charge is 2.39. The van der Waals surface area contributed by atoms with Crippen molar-refractivity contribution in [2.24, 2.45) is 5.73 Å². The van der Waals surface area contributed by atoms with E-state index in [9.17, 15) is 13.2 Å². The summed E-state index contributed by atoms with van der Waals surface area (Å²) in [6, 6.07) is 1.45. The van der Waals surface area contributed by atoms with E-state index >= 15 is 0 Å². The second-order valence-electron chi connectivity index (χ2n) is 4.33. The highest BCUT2D eigenvalue weighted by molar-refractivity contribution is 6.33. The normalized spacial score (nSPS) is 15.8. The Balaban J connectivity index is 2.25. The van der Waals surface area contributed by atoms with Crippen molar-refractivity contribution in [1.82, 2.24) is 4.98 Å². The van der Waals surface area contributed by atoms with Crippen molar-refractivity contribution in [2.75, 3.05) is 11.4 Å². The maximum atomic E-state index is 12.5. The van der Waals surface area contributed by atoms with Crippen LogP contribution in [0, 0.1) is 0 Å². The second-order valence-corrected chi connectivity index (χ2v) is 4.73. The number of pyridine rings is 1. The van der Waals surface area contributed by atoms with Crippen molar-refractivity contribution in [3.63, 3.8) is 0 Å². The Morgan fingerprint density at radius 1 is 1.44 bits per heavy atom. The van der Waals surface area contributed by atoms with Gasteiger partial charge in [-0.15, -0.1) is 0 Å². The van der Waals surface area contributed by atoms with Gasteiger partial charge in [0.05, 0.1) is 5.02 Å². The third kappa shape index (κ3) is 3.26. The minimum atomic E-state index is -4.26. The Labute approximate surface area is 108 Å². The predicted molar refractivity (Wildman–Crippen MR) is 63.6 cm³/mol. The molecule has 0 saturated heterocycles. The van der Waals surface area contributed by atoms with Crippen molar-refractivity contribution < 1.29 is 13.2 Å². The number of nitrogens with zero attached hydrogens (tertiary/aromatic N) is 2. The molecular weight excluding hydrogens is 267 g/mol. The maximum absolute atomic E-state index is 12.5. The van der Waals surface area contributed by atoms with Crippen LogP contribution in [-0.2, 0) is 6.54 Å². The van der Waals surface area contributed by atoms with Gasteiger partial charge in [-0.1, -0.05) is 11.6 Å². The highest BCUT2D eigenvalue weighted by atomic mass is 35.5. The summed E-state index contributed by atoms with van der Waals surface area (Å²) in [5.74, 6) is 0.189. The molecule has 1 fully saturated rings. The van der Waals surface area contributed by atoms with Crippen LogP contribution in [0.25, 0.3) is 0 Å². The fourth-order valence-corrected chi connectivity index (χ4v) is 2.05. The van der Waals surface area contributed by atoms with Gasteiger partial charge >= 0.3 is 6.18 Å². The molecule has 2 N–H and O–H groups in total. The van der Waals surface area contributed by atoms with E-state index < -0.39 is 12.7 Å². The van der Waals surface area contributed by atoms with E-state index in [4.69, 9.17) is 17.3 Å². The zero-order valence-electron chi connectivity index (χ0n) is 9.54. The van der Waals surface area contributed by atoms with E-state index in [0.29, 0.717) is 5.56 Å². The third-order valence-corrected chi connectivity index (χ3v) is 3.00. The lowest BCUT2D eigenvalue weighted by molar-refractivity contribution is -0.120. The van der Waals surface area contributed by atoms with Gasteiger partial charge in [-0.2, -0.15) is 13.2 Å². The Hall–Kier alpha value is -1.01. The lowest BCUT2D eigenvalue weighted by atomic mass is 10.2. The summed E-state index contributed by atoms with van der Waals surface area (Å²) in [6.07, 6.45) is -1.31. The van der Waals surface area contributed by atoms with E-state index in [1.165, 1.54) is 11.1 Å². The Kier molecular flexibility index (Phi) is 3.68. The molecule has 1 aliphatic carbocycles. The molecule has 0 aromatic carbocycles. The first-order valence-electron chi connectivity index (χ1n) is 5.58. The topological polar surface area (TPSA) is 42.1 Å². The van der Waals surface area contributed by atoms with Crippen LogP contribution < -0.4 is 10.6 Å². The molecule has 0 unspecified atom stereocenters. The van der Waals surface area contributed by atoms with E-state index in [1.807, 2.05) is 0 Å². The quantitative estimate of drug-likeness (QED) is 0.921. The van der Waals surface area contributed by atoms with Gasteiger partial charge in [0, 0.05) is 18.8 Å². The average molecular weight is 280 g/mol. The maximum Gasteiger partial charge on any atom is 0.405 e. The van der Waals surface area contributed by atoms with Gasteiger partial charge in [0.2, 0.25) is 0 Å². The van der Waals surface area contributed by atoms with E-state index in [0.717, 1.165) is 12.8 Å². The second kappa shape index (κ2) is 4.93. The summed E-state index contributed by atoms with van der Waals surface area (Å²) in [7, 11) is 0. The van der Waals surface area contributed by atoms with Gasteiger partial charge in [0.15, 0.2) is 0 Å². The molecule has 3 nitrogen and oxygen atoms in total. The van der Waals surface area contributed by atoms with Crippen LogP contribution >= 0.6 is 11.6 Å². The van der Waals surface area contributed by atoms with Crippen molar-refractivity contribution in [3.8, 4) is 0 Å². The molecule has 7 heteroatoms. The molecule has 1 saturated carbocycles. The molecule has 0 radical (unpaired) electrons. The number of nitrogens with two attached hydrogens (primary N) is 1. The van der Waals surface area contributed by atoms with Gasteiger partial charge in [-0.05, 0) is 24.5 Å². The fraction of sp³-hybridized carbons (Fsp3) is 0.545. The summed E-state index contributed by atoms with van der Waals surface area (Å²) >= 11 is 5.98. The number of halogens is 4. The van der Waals surface area contributed by atoms with Crippen LogP contribution in [0.1, 0.15) is 18.4 Å². The van der Waals surface area contributed by atoms with Crippen molar-refractivity contribution in [2.45, 2.75) is 31.6 Å². The molecule has 2 rings (SSSR count). The monoisotopic (exact) mass is 279 g/mol. The minimum absolute atomic E-state index is 0.111. The van der Waals surface area contributed by atoms with Crippen LogP contribution in [0.2, 0.25) is 5.02 Å². The van der Waals surface area contributed by atoms with Gasteiger partial charge in [-0.25, -0.2) is 4.98 Å². The molecule has 0 bridgehead atoms. The van der Waals surface area contributed by atoms with Gasteiger partial charge in [-0.3, -0.25) is 0 Å². The molecular formula is C11H13ClF3N3. The van der Waals surface area contributed by atoms with Crippen molar-refractivity contribution in [3.05, 3.63) is 22.8 Å². The molecule has 1 aromatic heterocycles. The first kappa shape index (κ1) is 13.4. The zero-order chi connectivity index (χ0) is 13.3. The summed E-state index contributed by atoms with van der Waals surface area (Å²) in [4.78, 5) is 5.23. The highest BCUT2D eigenvalue weighted by Crippen LogP contribution is 2.36. The number of hydrogen-bond acceptors (Lipinski definition) is 3. The fourth-order valence-electron chi connectivity index (χ4n) is 1.75. The van der Waals surface area contributed by atoms with E-state index in [-0.39, 0.29) is 23.4 Å². The third-order valence-electron chi connectivity index (χ3n) is 2.72. The van der Waals surface area contributed by atoms with E-state index in [2.05, 4.69) is 4.98 Å². The lowest BCUT2D eigenvalue weighted by Gasteiger charge is -2.25. The van der Waals surface area contributed by atoms with Crippen LogP contribution in [0.15, 0.2) is 12.3 Å². The zero-order valence-corrected chi connectivity index (χ0v) is 10.3. The summed E-state index contributed by atoms with van der Waals surface area (Å²) < 4.78 is 37.6. The summed E-state index contributed by atoms with van der Waals surface area (Å²) in [5, 5.41) is 0.217. The largest absolute Gasteiger partial charge is 0.405 e. The van der Waals surface area contributed by atoms with E-state index in [1.54, 1.807) is 6.07 Å². The summed E-state index contributed by atoms with van der Waals surface area (Å²) in [5.41, 5.74) is 6.13. The average Bonchev–Trinajstić information content (AvgIpc) is 3.08. The predicted octanol–water partition coefficient (Wildman–Crippen LogP) is 2.72. The first-order valence-corrected chi connectivity index (χ1v) is 5.96. The SMILES string of the molecule is NCc1cnc(N(CC(F)(F)F)C2CC2)c(Cl)c1. The number of aromatic nitrogens is 1. The first-order chi connectivity index (χ1) is 8.40. The summed E-state index contributed by atoms with van der Waals surface area (Å²) in [6.45, 7) is -0.762. The molecule has 18 heavy (non-hydrogen) atoms. The Morgan fingerprint density at radius 3 is 2.56 bits per heavy atom. The van der Waals surface area contributed by atoms with Crippen LogP contribution in [-0.4, -0.2) is 23.7 Å². The number of alkyl halides is 3. The lowest BCUT2D eigenvalue weighted by Crippen LogP contribution is -2.36. The van der Waals surface area contributed by atoms with Crippen LogP contribution in [0.4, 0.5) is 19.0 Å². The number of rotatable bonds is 4. The van der Waals surface area contributed by atoms with Crippen LogP contribution in [0.5, 0.6) is 0 Å². The standard InChI is InChI=1S/C11H13ClF3N3/c12-9-3-7(4-16)5-17-10(9)18(8-1-2-8)6-11(13,14)15/h3,5,8H,1-2,4,6,16H2. The molecule has 0 amide bonds. The molecule has 100 valence electrons.